The van der Waals surface area contributed by atoms with Crippen molar-refractivity contribution in [3.63, 3.8) is 0 Å². The van der Waals surface area contributed by atoms with Gasteiger partial charge in [0, 0.05) is 25.1 Å². The summed E-state index contributed by atoms with van der Waals surface area (Å²) < 4.78 is 1.12. The molecule has 21 heavy (non-hydrogen) atoms. The van der Waals surface area contributed by atoms with Gasteiger partial charge in [0.25, 0.3) is 11.5 Å². The summed E-state index contributed by atoms with van der Waals surface area (Å²) in [7, 11) is 1.48. The molecule has 1 aliphatic heterocycles. The molecule has 7 nitrogen and oxygen atoms in total. The lowest BCUT2D eigenvalue weighted by Gasteiger charge is -2.32. The minimum absolute atomic E-state index is 0.0168. The number of aryl methyl sites for hydroxylation is 2. The van der Waals surface area contributed by atoms with Crippen molar-refractivity contribution in [1.29, 1.82) is 0 Å². The standard InChI is InChI=1S/C13H17N3O4S/c1-7-8(2)14-15(3)11(17)10(7)12(18)16-4-5-21-6-9(16)13(19)20/h9H,4-6H2,1-3H3,(H,19,20). The van der Waals surface area contributed by atoms with Crippen molar-refractivity contribution in [3.8, 4) is 0 Å². The van der Waals surface area contributed by atoms with Gasteiger partial charge >= 0.3 is 5.97 Å². The minimum atomic E-state index is -1.05. The second kappa shape index (κ2) is 5.88. The average Bonchev–Trinajstić information content (AvgIpc) is 2.45. The summed E-state index contributed by atoms with van der Waals surface area (Å²) in [6.07, 6.45) is 0. The van der Waals surface area contributed by atoms with E-state index in [-0.39, 0.29) is 5.56 Å². The van der Waals surface area contributed by atoms with Crippen LogP contribution in [0.4, 0.5) is 0 Å². The van der Waals surface area contributed by atoms with Crippen molar-refractivity contribution in [2.45, 2.75) is 19.9 Å². The molecule has 0 aromatic carbocycles. The number of hydrogen-bond acceptors (Lipinski definition) is 5. The van der Waals surface area contributed by atoms with Gasteiger partial charge in [-0.3, -0.25) is 9.59 Å². The number of rotatable bonds is 2. The van der Waals surface area contributed by atoms with Crippen LogP contribution in [-0.4, -0.2) is 55.8 Å². The van der Waals surface area contributed by atoms with Gasteiger partial charge < -0.3 is 10.0 Å². The van der Waals surface area contributed by atoms with Crippen molar-refractivity contribution >= 4 is 23.6 Å². The predicted octanol–water partition coefficient (Wildman–Crippen LogP) is 0.0393. The van der Waals surface area contributed by atoms with E-state index in [4.69, 9.17) is 0 Å². The Balaban J connectivity index is 2.49. The Morgan fingerprint density at radius 1 is 1.38 bits per heavy atom. The normalized spacial score (nSPS) is 18.6. The quantitative estimate of drug-likeness (QED) is 0.829. The van der Waals surface area contributed by atoms with Crippen LogP contribution < -0.4 is 5.56 Å². The molecule has 0 bridgehead atoms. The Morgan fingerprint density at radius 2 is 2.05 bits per heavy atom. The molecule has 1 N–H and O–H groups in total. The highest BCUT2D eigenvalue weighted by Crippen LogP contribution is 2.20. The molecule has 114 valence electrons. The second-order valence-corrected chi connectivity index (χ2v) is 6.09. The summed E-state index contributed by atoms with van der Waals surface area (Å²) in [4.78, 5) is 37.5. The van der Waals surface area contributed by atoms with Crippen LogP contribution in [0.25, 0.3) is 0 Å². The first kappa shape index (κ1) is 15.6. The van der Waals surface area contributed by atoms with Gasteiger partial charge in [0.2, 0.25) is 0 Å². The van der Waals surface area contributed by atoms with Gasteiger partial charge in [0.05, 0.1) is 5.69 Å². The first-order chi connectivity index (χ1) is 9.84. The Kier molecular flexibility index (Phi) is 4.36. The van der Waals surface area contributed by atoms with E-state index in [0.717, 1.165) is 4.68 Å². The fourth-order valence-corrected chi connectivity index (χ4v) is 3.33. The second-order valence-electron chi connectivity index (χ2n) is 4.94. The van der Waals surface area contributed by atoms with Crippen LogP contribution in [0.5, 0.6) is 0 Å². The topological polar surface area (TPSA) is 92.5 Å². The summed E-state index contributed by atoms with van der Waals surface area (Å²) in [6.45, 7) is 3.70. The molecule has 2 heterocycles. The van der Waals surface area contributed by atoms with E-state index in [0.29, 0.717) is 29.3 Å². The van der Waals surface area contributed by atoms with E-state index >= 15 is 0 Å². The SMILES string of the molecule is Cc1nn(C)c(=O)c(C(=O)N2CCSCC2C(=O)O)c1C. The van der Waals surface area contributed by atoms with Crippen LogP contribution in [0.15, 0.2) is 4.79 Å². The number of carbonyl (C=O) groups excluding carboxylic acids is 1. The zero-order chi connectivity index (χ0) is 15.7. The van der Waals surface area contributed by atoms with Gasteiger partial charge in [-0.2, -0.15) is 16.9 Å². The van der Waals surface area contributed by atoms with Gasteiger partial charge in [-0.15, -0.1) is 0 Å². The highest BCUT2D eigenvalue weighted by Gasteiger charge is 2.35. The number of carbonyl (C=O) groups is 2. The molecule has 0 spiro atoms. The van der Waals surface area contributed by atoms with E-state index < -0.39 is 23.5 Å². The number of carboxylic acids is 1. The lowest BCUT2D eigenvalue weighted by Crippen LogP contribution is -2.51. The van der Waals surface area contributed by atoms with E-state index in [1.807, 2.05) is 0 Å². The summed E-state index contributed by atoms with van der Waals surface area (Å²) in [5.41, 5.74) is 0.609. The first-order valence-electron chi connectivity index (χ1n) is 6.50. The van der Waals surface area contributed by atoms with E-state index in [1.165, 1.54) is 23.7 Å². The Bertz CT molecular complexity index is 656. The third-order valence-corrected chi connectivity index (χ3v) is 4.64. The van der Waals surface area contributed by atoms with E-state index in [2.05, 4.69) is 5.10 Å². The van der Waals surface area contributed by atoms with Gasteiger partial charge in [0.15, 0.2) is 0 Å². The van der Waals surface area contributed by atoms with Crippen molar-refractivity contribution < 1.29 is 14.7 Å². The molecule has 0 saturated carbocycles. The molecule has 1 amide bonds. The average molecular weight is 311 g/mol. The van der Waals surface area contributed by atoms with Crippen molar-refractivity contribution in [1.82, 2.24) is 14.7 Å². The number of thioether (sulfide) groups is 1. The van der Waals surface area contributed by atoms with Crippen molar-refractivity contribution in [2.24, 2.45) is 7.05 Å². The number of aromatic nitrogens is 2. The molecule has 0 radical (unpaired) electrons. The molecule has 1 atom stereocenters. The number of aliphatic carboxylic acids is 1. The summed E-state index contributed by atoms with van der Waals surface area (Å²) in [5, 5.41) is 13.3. The predicted molar refractivity (Wildman–Crippen MR) is 78.7 cm³/mol. The lowest BCUT2D eigenvalue weighted by molar-refractivity contribution is -0.141. The Labute approximate surface area is 125 Å². The highest BCUT2D eigenvalue weighted by atomic mass is 32.2. The highest BCUT2D eigenvalue weighted by molar-refractivity contribution is 7.99. The van der Waals surface area contributed by atoms with Gasteiger partial charge in [-0.1, -0.05) is 0 Å². The van der Waals surface area contributed by atoms with Gasteiger partial charge in [-0.05, 0) is 19.4 Å². The molecule has 1 fully saturated rings. The first-order valence-corrected chi connectivity index (χ1v) is 7.66. The minimum Gasteiger partial charge on any atom is -0.480 e. The zero-order valence-electron chi connectivity index (χ0n) is 12.1. The molecule has 1 unspecified atom stereocenters. The fraction of sp³-hybridized carbons (Fsp3) is 0.538. The van der Waals surface area contributed by atoms with Crippen LogP contribution in [0, 0.1) is 13.8 Å². The molecule has 2 rings (SSSR count). The summed E-state index contributed by atoms with van der Waals surface area (Å²) in [6, 6.07) is -0.895. The Hall–Kier alpha value is -1.83. The molecule has 0 aliphatic carbocycles. The molecule has 1 aromatic heterocycles. The third kappa shape index (κ3) is 2.80. The molecule has 1 aromatic rings. The van der Waals surface area contributed by atoms with E-state index in [9.17, 15) is 19.5 Å². The molecule has 1 aliphatic rings. The van der Waals surface area contributed by atoms with Crippen LogP contribution in [0.3, 0.4) is 0 Å². The fourth-order valence-electron chi connectivity index (χ4n) is 2.30. The Morgan fingerprint density at radius 3 is 2.67 bits per heavy atom. The number of hydrogen-bond donors (Lipinski definition) is 1. The molecule has 8 heteroatoms. The van der Waals surface area contributed by atoms with Crippen molar-refractivity contribution in [2.75, 3.05) is 18.1 Å². The summed E-state index contributed by atoms with van der Waals surface area (Å²) >= 11 is 1.49. The van der Waals surface area contributed by atoms with Crippen LogP contribution in [0.1, 0.15) is 21.6 Å². The zero-order valence-corrected chi connectivity index (χ0v) is 12.9. The van der Waals surface area contributed by atoms with Crippen LogP contribution in [-0.2, 0) is 11.8 Å². The molecule has 1 saturated heterocycles. The van der Waals surface area contributed by atoms with Gasteiger partial charge in [0.1, 0.15) is 11.6 Å². The van der Waals surface area contributed by atoms with Gasteiger partial charge in [-0.25, -0.2) is 9.48 Å². The number of amides is 1. The van der Waals surface area contributed by atoms with E-state index in [1.54, 1.807) is 13.8 Å². The molecular weight excluding hydrogens is 294 g/mol. The lowest BCUT2D eigenvalue weighted by atomic mass is 10.1. The maximum atomic E-state index is 12.7. The number of carboxylic acid groups (broad SMARTS) is 1. The monoisotopic (exact) mass is 311 g/mol. The smallest absolute Gasteiger partial charge is 0.327 e. The van der Waals surface area contributed by atoms with Crippen LogP contribution >= 0.6 is 11.8 Å². The summed E-state index contributed by atoms with van der Waals surface area (Å²) in [5.74, 6) is -0.564. The van der Waals surface area contributed by atoms with Crippen LogP contribution in [0.2, 0.25) is 0 Å². The van der Waals surface area contributed by atoms with Crippen molar-refractivity contribution in [3.05, 3.63) is 27.2 Å². The largest absolute Gasteiger partial charge is 0.480 e. The maximum Gasteiger partial charge on any atom is 0.327 e. The maximum absolute atomic E-state index is 12.7. The molecular formula is C13H17N3O4S. The number of nitrogens with zero attached hydrogens (tertiary/aromatic N) is 3. The third-order valence-electron chi connectivity index (χ3n) is 3.61.